The summed E-state index contributed by atoms with van der Waals surface area (Å²) in [6, 6.07) is 4.01. The molecular weight excluding hydrogens is 234 g/mol. The van der Waals surface area contributed by atoms with Crippen LogP contribution >= 0.6 is 11.6 Å². The lowest BCUT2D eigenvalue weighted by molar-refractivity contribution is 0.330. The Morgan fingerprint density at radius 3 is 2.71 bits per heavy atom. The van der Waals surface area contributed by atoms with E-state index in [9.17, 15) is 0 Å². The van der Waals surface area contributed by atoms with Gasteiger partial charge in [0.05, 0.1) is 5.69 Å². The quantitative estimate of drug-likeness (QED) is 0.808. The molecule has 94 valence electrons. The molecule has 0 bridgehead atoms. The lowest BCUT2D eigenvalue weighted by Gasteiger charge is -2.29. The van der Waals surface area contributed by atoms with Crippen molar-refractivity contribution in [2.45, 2.75) is 45.1 Å². The van der Waals surface area contributed by atoms with Crippen LogP contribution in [0.25, 0.3) is 0 Å². The van der Waals surface area contributed by atoms with Crippen molar-refractivity contribution in [1.29, 1.82) is 0 Å². The maximum atomic E-state index is 5.88. The third-order valence-corrected chi connectivity index (χ3v) is 3.87. The highest BCUT2D eigenvalue weighted by molar-refractivity contribution is 6.29. The maximum absolute atomic E-state index is 5.88. The van der Waals surface area contributed by atoms with E-state index in [0.29, 0.717) is 16.9 Å². The van der Waals surface area contributed by atoms with Crippen LogP contribution in [0, 0.1) is 5.92 Å². The first kappa shape index (κ1) is 12.5. The zero-order chi connectivity index (χ0) is 12.3. The van der Waals surface area contributed by atoms with Crippen LogP contribution in [0.2, 0.25) is 5.15 Å². The van der Waals surface area contributed by atoms with Crippen molar-refractivity contribution in [3.63, 3.8) is 0 Å². The monoisotopic (exact) mass is 253 g/mol. The van der Waals surface area contributed by atoms with E-state index in [0.717, 1.165) is 11.7 Å². The fraction of sp³-hybridized carbons (Fsp3) is 0.615. The smallest absolute Gasteiger partial charge is 0.151 e. The fourth-order valence-corrected chi connectivity index (χ4v) is 2.62. The molecule has 0 unspecified atom stereocenters. The number of aromatic nitrogens is 1. The van der Waals surface area contributed by atoms with Gasteiger partial charge in [0, 0.05) is 6.04 Å². The zero-order valence-electron chi connectivity index (χ0n) is 10.2. The highest BCUT2D eigenvalue weighted by Crippen LogP contribution is 2.29. The van der Waals surface area contributed by atoms with Gasteiger partial charge in [-0.05, 0) is 43.7 Å². The Balaban J connectivity index is 1.95. The number of hydrogen-bond acceptors (Lipinski definition) is 3. The fourth-order valence-electron chi connectivity index (χ4n) is 2.47. The van der Waals surface area contributed by atoms with Crippen molar-refractivity contribution < 1.29 is 0 Å². The summed E-state index contributed by atoms with van der Waals surface area (Å²) >= 11 is 5.87. The van der Waals surface area contributed by atoms with Gasteiger partial charge in [0.2, 0.25) is 0 Å². The van der Waals surface area contributed by atoms with Gasteiger partial charge >= 0.3 is 0 Å². The summed E-state index contributed by atoms with van der Waals surface area (Å²) in [5.74, 6) is 1.63. The van der Waals surface area contributed by atoms with Gasteiger partial charge in [-0.2, -0.15) is 0 Å². The third kappa shape index (κ3) is 3.25. The highest BCUT2D eigenvalue weighted by atomic mass is 35.5. The van der Waals surface area contributed by atoms with E-state index in [1.165, 1.54) is 32.1 Å². The van der Waals surface area contributed by atoms with Gasteiger partial charge in [-0.1, -0.05) is 24.9 Å². The van der Waals surface area contributed by atoms with Gasteiger partial charge < -0.3 is 11.1 Å². The Labute approximate surface area is 108 Å². The van der Waals surface area contributed by atoms with Crippen LogP contribution in [0.4, 0.5) is 11.5 Å². The lowest BCUT2D eigenvalue weighted by Crippen LogP contribution is -2.26. The molecule has 0 spiro atoms. The molecule has 0 saturated heterocycles. The van der Waals surface area contributed by atoms with E-state index in [4.69, 9.17) is 17.3 Å². The molecule has 2 rings (SSSR count). The molecule has 0 aliphatic heterocycles. The van der Waals surface area contributed by atoms with Crippen LogP contribution in [0.1, 0.15) is 39.0 Å². The Morgan fingerprint density at radius 2 is 2.06 bits per heavy atom. The largest absolute Gasteiger partial charge is 0.396 e. The lowest BCUT2D eigenvalue weighted by atomic mass is 9.84. The van der Waals surface area contributed by atoms with Crippen molar-refractivity contribution in [2.75, 3.05) is 11.1 Å². The summed E-state index contributed by atoms with van der Waals surface area (Å²) in [6.45, 7) is 2.27. The van der Waals surface area contributed by atoms with Crippen molar-refractivity contribution in [2.24, 2.45) is 5.92 Å². The molecule has 0 radical (unpaired) electrons. The molecule has 17 heavy (non-hydrogen) atoms. The minimum absolute atomic E-state index is 0.490. The topological polar surface area (TPSA) is 50.9 Å². The molecule has 1 aliphatic carbocycles. The molecule has 3 nitrogen and oxygen atoms in total. The van der Waals surface area contributed by atoms with E-state index >= 15 is 0 Å². The average molecular weight is 254 g/mol. The zero-order valence-corrected chi connectivity index (χ0v) is 11.0. The summed E-state index contributed by atoms with van der Waals surface area (Å²) in [4.78, 5) is 4.24. The van der Waals surface area contributed by atoms with Gasteiger partial charge in [-0.25, -0.2) is 4.98 Å². The van der Waals surface area contributed by atoms with Crippen LogP contribution in [0.15, 0.2) is 12.1 Å². The van der Waals surface area contributed by atoms with Crippen molar-refractivity contribution >= 4 is 23.1 Å². The number of pyridine rings is 1. The molecule has 0 amide bonds. The molecule has 0 aromatic carbocycles. The van der Waals surface area contributed by atoms with Gasteiger partial charge in [0.15, 0.2) is 5.82 Å². The number of nitrogens with two attached hydrogens (primary N) is 1. The first-order chi connectivity index (χ1) is 8.19. The van der Waals surface area contributed by atoms with E-state index < -0.39 is 0 Å². The maximum Gasteiger partial charge on any atom is 0.151 e. The first-order valence-electron chi connectivity index (χ1n) is 6.37. The number of rotatable bonds is 3. The highest BCUT2D eigenvalue weighted by Gasteiger charge is 2.20. The van der Waals surface area contributed by atoms with E-state index in [1.54, 1.807) is 12.1 Å². The predicted octanol–water partition coefficient (Wildman–Crippen LogP) is 3.70. The molecule has 1 fully saturated rings. The number of hydrogen-bond donors (Lipinski definition) is 2. The first-order valence-corrected chi connectivity index (χ1v) is 6.75. The minimum Gasteiger partial charge on any atom is -0.396 e. The van der Waals surface area contributed by atoms with Crippen LogP contribution in [0.3, 0.4) is 0 Å². The Morgan fingerprint density at radius 1 is 1.35 bits per heavy atom. The molecular formula is C13H20ClN3. The second-order valence-electron chi connectivity index (χ2n) is 4.84. The van der Waals surface area contributed by atoms with Crippen molar-refractivity contribution in [1.82, 2.24) is 4.98 Å². The number of anilines is 2. The molecule has 1 aromatic rings. The number of nitrogen functional groups attached to an aromatic ring is 1. The molecule has 3 N–H and O–H groups in total. The molecule has 4 heteroatoms. The van der Waals surface area contributed by atoms with Crippen molar-refractivity contribution in [3.05, 3.63) is 17.3 Å². The molecule has 0 atom stereocenters. The predicted molar refractivity (Wildman–Crippen MR) is 73.3 cm³/mol. The van der Waals surface area contributed by atoms with Gasteiger partial charge in [-0.3, -0.25) is 0 Å². The summed E-state index contributed by atoms with van der Waals surface area (Å²) in [6.07, 6.45) is 6.30. The van der Waals surface area contributed by atoms with Crippen molar-refractivity contribution in [3.8, 4) is 0 Å². The van der Waals surface area contributed by atoms with Crippen LogP contribution in [0.5, 0.6) is 0 Å². The average Bonchev–Trinajstić information content (AvgIpc) is 2.35. The van der Waals surface area contributed by atoms with E-state index in [2.05, 4.69) is 17.2 Å². The summed E-state index contributed by atoms with van der Waals surface area (Å²) in [5, 5.41) is 3.90. The normalized spacial score (nSPS) is 24.6. The van der Waals surface area contributed by atoms with Crippen LogP contribution in [-0.2, 0) is 0 Å². The third-order valence-electron chi connectivity index (χ3n) is 3.66. The molecule has 1 heterocycles. The van der Waals surface area contributed by atoms with Gasteiger partial charge in [0.1, 0.15) is 5.15 Å². The van der Waals surface area contributed by atoms with Gasteiger partial charge in [0.25, 0.3) is 0 Å². The second kappa shape index (κ2) is 5.58. The van der Waals surface area contributed by atoms with Crippen LogP contribution < -0.4 is 11.1 Å². The Bertz CT molecular complexity index is 373. The minimum atomic E-state index is 0.490. The summed E-state index contributed by atoms with van der Waals surface area (Å²) in [7, 11) is 0. The number of nitrogens with zero attached hydrogens (tertiary/aromatic N) is 1. The van der Waals surface area contributed by atoms with Crippen LogP contribution in [-0.4, -0.2) is 11.0 Å². The number of halogens is 1. The molecule has 1 aliphatic rings. The van der Waals surface area contributed by atoms with Gasteiger partial charge in [-0.15, -0.1) is 0 Å². The molecule has 1 saturated carbocycles. The Hall–Kier alpha value is -0.960. The summed E-state index contributed by atoms with van der Waals surface area (Å²) < 4.78 is 0. The summed E-state index contributed by atoms with van der Waals surface area (Å²) in [5.41, 5.74) is 6.55. The second-order valence-corrected chi connectivity index (χ2v) is 5.23. The van der Waals surface area contributed by atoms with E-state index in [1.807, 2.05) is 0 Å². The van der Waals surface area contributed by atoms with E-state index in [-0.39, 0.29) is 0 Å². The Kier molecular flexibility index (Phi) is 4.11. The SMILES string of the molecule is CCC1CCC(Nc2nc(Cl)ccc2N)CC1. The standard InChI is InChI=1S/C13H20ClN3/c1-2-9-3-5-10(6-4-9)16-13-11(15)7-8-12(14)17-13/h7-10H,2-6,15H2,1H3,(H,16,17). The number of nitrogens with one attached hydrogen (secondary N) is 1. The molecule has 1 aromatic heterocycles.